The van der Waals surface area contributed by atoms with Gasteiger partial charge in [0.15, 0.2) is 0 Å². The molecule has 2 heteroatoms. The first-order valence-corrected chi connectivity index (χ1v) is 6.81. The molecule has 18 heavy (non-hydrogen) atoms. The van der Waals surface area contributed by atoms with Crippen LogP contribution in [-0.2, 0) is 12.8 Å². The molecule has 0 spiro atoms. The first kappa shape index (κ1) is 11.6. The van der Waals surface area contributed by atoms with Gasteiger partial charge in [-0.2, -0.15) is 0 Å². The lowest BCUT2D eigenvalue weighted by Crippen LogP contribution is -2.17. The summed E-state index contributed by atoms with van der Waals surface area (Å²) < 4.78 is 0. The first-order chi connectivity index (χ1) is 8.79. The summed E-state index contributed by atoms with van der Waals surface area (Å²) >= 11 is 6.15. The Bertz CT molecular complexity index is 577. The highest BCUT2D eigenvalue weighted by molar-refractivity contribution is 6.30. The molecule has 1 nitrogen and oxygen atoms in total. The van der Waals surface area contributed by atoms with Gasteiger partial charge in [-0.1, -0.05) is 35.9 Å². The Balaban J connectivity index is 2.19. The van der Waals surface area contributed by atoms with Crippen LogP contribution in [-0.4, -0.2) is 6.54 Å². The number of para-hydroxylation sites is 1. The molecule has 1 heterocycles. The molecule has 0 atom stereocenters. The molecule has 0 radical (unpaired) electrons. The van der Waals surface area contributed by atoms with Crippen LogP contribution in [0.5, 0.6) is 0 Å². The van der Waals surface area contributed by atoms with Crippen molar-refractivity contribution in [1.29, 1.82) is 0 Å². The predicted molar refractivity (Wildman–Crippen MR) is 78.0 cm³/mol. The van der Waals surface area contributed by atoms with Crippen LogP contribution in [0.3, 0.4) is 0 Å². The van der Waals surface area contributed by atoms with Gasteiger partial charge in [0.2, 0.25) is 0 Å². The van der Waals surface area contributed by atoms with Crippen LogP contribution in [0.25, 0.3) is 0 Å². The van der Waals surface area contributed by atoms with E-state index in [1.165, 1.54) is 22.5 Å². The number of nitrogens with zero attached hydrogens (tertiary/aromatic N) is 1. The van der Waals surface area contributed by atoms with Crippen LogP contribution >= 0.6 is 11.6 Å². The van der Waals surface area contributed by atoms with Gasteiger partial charge in [-0.3, -0.25) is 0 Å². The molecule has 1 aliphatic heterocycles. The van der Waals surface area contributed by atoms with Gasteiger partial charge >= 0.3 is 0 Å². The molecule has 1 aliphatic rings. The Labute approximate surface area is 113 Å². The van der Waals surface area contributed by atoms with Crippen molar-refractivity contribution in [3.63, 3.8) is 0 Å². The summed E-state index contributed by atoms with van der Waals surface area (Å²) in [5.41, 5.74) is 5.39. The molecule has 0 amide bonds. The second-order valence-electron chi connectivity index (χ2n) is 4.65. The number of hydrogen-bond donors (Lipinski definition) is 0. The first-order valence-electron chi connectivity index (χ1n) is 6.43. The third-order valence-corrected chi connectivity index (χ3v) is 3.84. The van der Waals surface area contributed by atoms with E-state index < -0.39 is 0 Å². The minimum absolute atomic E-state index is 0.812. The monoisotopic (exact) mass is 257 g/mol. The number of benzene rings is 2. The lowest BCUT2D eigenvalue weighted by Gasteiger charge is -2.25. The zero-order valence-corrected chi connectivity index (χ0v) is 11.2. The minimum Gasteiger partial charge on any atom is -0.341 e. The number of fused-ring (bicyclic) bond motifs is 2. The molecular weight excluding hydrogens is 242 g/mol. The van der Waals surface area contributed by atoms with E-state index in [0.717, 1.165) is 24.4 Å². The molecule has 3 rings (SSSR count). The Morgan fingerprint density at radius 3 is 2.50 bits per heavy atom. The zero-order chi connectivity index (χ0) is 12.5. The Kier molecular flexibility index (Phi) is 3.00. The van der Waals surface area contributed by atoms with E-state index in [1.54, 1.807) is 0 Å². The average Bonchev–Trinajstić information content (AvgIpc) is 2.54. The summed E-state index contributed by atoms with van der Waals surface area (Å²) in [7, 11) is 0. The number of aryl methyl sites for hydroxylation is 2. The van der Waals surface area contributed by atoms with Crippen LogP contribution in [0, 0.1) is 0 Å². The van der Waals surface area contributed by atoms with Crippen LogP contribution in [0.15, 0.2) is 42.5 Å². The standard InChI is InChI=1S/C16H16ClN/c1-2-18-15-6-4-3-5-12(15)7-8-13-9-10-14(17)11-16(13)18/h3-6,9-11H,2,7-8H2,1H3. The normalized spacial score (nSPS) is 13.8. The van der Waals surface area contributed by atoms with Crippen molar-refractivity contribution in [2.24, 2.45) is 0 Å². The third-order valence-electron chi connectivity index (χ3n) is 3.60. The van der Waals surface area contributed by atoms with E-state index in [4.69, 9.17) is 11.6 Å². The smallest absolute Gasteiger partial charge is 0.0458 e. The molecule has 0 unspecified atom stereocenters. The van der Waals surface area contributed by atoms with Gasteiger partial charge in [-0.05, 0) is 49.1 Å². The molecule has 92 valence electrons. The quantitative estimate of drug-likeness (QED) is 0.722. The van der Waals surface area contributed by atoms with Gasteiger partial charge in [0, 0.05) is 22.9 Å². The summed E-state index contributed by atoms with van der Waals surface area (Å²) in [6.45, 7) is 3.15. The number of hydrogen-bond acceptors (Lipinski definition) is 1. The van der Waals surface area contributed by atoms with Crippen molar-refractivity contribution in [1.82, 2.24) is 0 Å². The number of rotatable bonds is 1. The molecule has 0 aliphatic carbocycles. The van der Waals surface area contributed by atoms with E-state index in [1.807, 2.05) is 6.07 Å². The third kappa shape index (κ3) is 1.89. The predicted octanol–water partition coefficient (Wildman–Crippen LogP) is 4.60. The fourth-order valence-electron chi connectivity index (χ4n) is 2.73. The van der Waals surface area contributed by atoms with E-state index in [2.05, 4.69) is 48.2 Å². The van der Waals surface area contributed by atoms with Gasteiger partial charge in [-0.15, -0.1) is 0 Å². The van der Waals surface area contributed by atoms with Crippen molar-refractivity contribution in [2.45, 2.75) is 19.8 Å². The van der Waals surface area contributed by atoms with Crippen molar-refractivity contribution in [3.8, 4) is 0 Å². The van der Waals surface area contributed by atoms with E-state index >= 15 is 0 Å². The molecule has 0 fully saturated rings. The largest absolute Gasteiger partial charge is 0.341 e. The lowest BCUT2D eigenvalue weighted by atomic mass is 10.0. The van der Waals surface area contributed by atoms with Crippen molar-refractivity contribution in [3.05, 3.63) is 58.6 Å². The summed E-state index contributed by atoms with van der Waals surface area (Å²) in [6, 6.07) is 14.9. The molecule has 0 aromatic heterocycles. The fourth-order valence-corrected chi connectivity index (χ4v) is 2.89. The highest BCUT2D eigenvalue weighted by atomic mass is 35.5. The Hall–Kier alpha value is -1.47. The van der Waals surface area contributed by atoms with E-state index in [9.17, 15) is 0 Å². The molecule has 2 aromatic rings. The molecule has 0 saturated carbocycles. The van der Waals surface area contributed by atoms with Gasteiger partial charge in [0.1, 0.15) is 0 Å². The topological polar surface area (TPSA) is 3.24 Å². The van der Waals surface area contributed by atoms with Gasteiger partial charge < -0.3 is 4.90 Å². The second kappa shape index (κ2) is 4.66. The summed E-state index contributed by atoms with van der Waals surface area (Å²) in [5.74, 6) is 0. The average molecular weight is 258 g/mol. The summed E-state index contributed by atoms with van der Waals surface area (Å²) in [5, 5.41) is 0.812. The highest BCUT2D eigenvalue weighted by Crippen LogP contribution is 2.36. The number of halogens is 1. The second-order valence-corrected chi connectivity index (χ2v) is 5.08. The summed E-state index contributed by atoms with van der Waals surface area (Å²) in [6.07, 6.45) is 2.18. The molecule has 2 aromatic carbocycles. The Morgan fingerprint density at radius 2 is 1.72 bits per heavy atom. The van der Waals surface area contributed by atoms with Crippen LogP contribution in [0.4, 0.5) is 11.4 Å². The number of anilines is 2. The van der Waals surface area contributed by atoms with Gasteiger partial charge in [0.25, 0.3) is 0 Å². The van der Waals surface area contributed by atoms with Crippen molar-refractivity contribution < 1.29 is 0 Å². The molecule has 0 N–H and O–H groups in total. The summed E-state index contributed by atoms with van der Waals surface area (Å²) in [4.78, 5) is 2.36. The van der Waals surface area contributed by atoms with Crippen molar-refractivity contribution in [2.75, 3.05) is 11.4 Å². The van der Waals surface area contributed by atoms with Crippen molar-refractivity contribution >= 4 is 23.0 Å². The fraction of sp³-hybridized carbons (Fsp3) is 0.250. The lowest BCUT2D eigenvalue weighted by molar-refractivity contribution is 0.977. The van der Waals surface area contributed by atoms with Gasteiger partial charge in [-0.25, -0.2) is 0 Å². The maximum Gasteiger partial charge on any atom is 0.0458 e. The maximum absolute atomic E-state index is 6.15. The molecule has 0 bridgehead atoms. The van der Waals surface area contributed by atoms with E-state index in [-0.39, 0.29) is 0 Å². The molecule has 0 saturated heterocycles. The Morgan fingerprint density at radius 1 is 1.00 bits per heavy atom. The van der Waals surface area contributed by atoms with Crippen LogP contribution in [0.2, 0.25) is 5.02 Å². The van der Waals surface area contributed by atoms with Crippen LogP contribution < -0.4 is 4.90 Å². The SMILES string of the molecule is CCN1c2ccccc2CCc2ccc(Cl)cc21. The van der Waals surface area contributed by atoms with Gasteiger partial charge in [0.05, 0.1) is 0 Å². The molecular formula is C16H16ClN. The van der Waals surface area contributed by atoms with Crippen LogP contribution in [0.1, 0.15) is 18.1 Å². The zero-order valence-electron chi connectivity index (χ0n) is 10.5. The highest BCUT2D eigenvalue weighted by Gasteiger charge is 2.19. The van der Waals surface area contributed by atoms with E-state index in [0.29, 0.717) is 0 Å². The maximum atomic E-state index is 6.15. The minimum atomic E-state index is 0.812.